The number of carbonyl (C=O) groups is 2. The highest BCUT2D eigenvalue weighted by Crippen LogP contribution is 2.16. The quantitative estimate of drug-likeness (QED) is 0.677. The van der Waals surface area contributed by atoms with Gasteiger partial charge in [-0.3, -0.25) is 4.79 Å². The predicted octanol–water partition coefficient (Wildman–Crippen LogP) is 2.88. The van der Waals surface area contributed by atoms with Gasteiger partial charge in [0.1, 0.15) is 0 Å². The molecule has 0 spiro atoms. The number of benzene rings is 2. The highest BCUT2D eigenvalue weighted by molar-refractivity contribution is 9.10. The molecule has 1 unspecified atom stereocenters. The molecule has 0 aliphatic rings. The van der Waals surface area contributed by atoms with E-state index in [1.165, 1.54) is 45.3 Å². The minimum absolute atomic E-state index is 0.0603. The molecule has 0 aliphatic heterocycles. The van der Waals surface area contributed by atoms with Crippen LogP contribution in [0.2, 0.25) is 0 Å². The Morgan fingerprint density at radius 2 is 1.59 bits per heavy atom. The lowest BCUT2D eigenvalue weighted by Gasteiger charge is -2.14. The molecular weight excluding hydrogens is 436 g/mol. The highest BCUT2D eigenvalue weighted by atomic mass is 79.9. The van der Waals surface area contributed by atoms with Crippen LogP contribution >= 0.6 is 15.9 Å². The van der Waals surface area contributed by atoms with Gasteiger partial charge in [-0.1, -0.05) is 15.9 Å². The largest absolute Gasteiger partial charge is 0.449 e. The smallest absolute Gasteiger partial charge is 0.338 e. The zero-order valence-electron chi connectivity index (χ0n) is 15.0. The first-order valence-corrected chi connectivity index (χ1v) is 10.1. The fraction of sp³-hybridized carbons (Fsp3) is 0.222. The van der Waals surface area contributed by atoms with E-state index < -0.39 is 28.0 Å². The Bertz CT molecular complexity index is 925. The molecule has 2 aromatic rings. The Kier molecular flexibility index (Phi) is 6.74. The monoisotopic (exact) mass is 454 g/mol. The van der Waals surface area contributed by atoms with E-state index in [1.54, 1.807) is 24.3 Å². The number of nitrogens with one attached hydrogen (secondary N) is 1. The standard InChI is InChI=1S/C18H19BrN2O5S/c1-12(17(22)20-15-8-6-14(19)7-9-15)26-18(23)13-4-10-16(11-5-13)27(24,25)21(2)3/h4-12H,1-3H3,(H,20,22). The maximum atomic E-state index is 12.2. The Balaban J connectivity index is 2.01. The van der Waals surface area contributed by atoms with Gasteiger partial charge in [0.05, 0.1) is 10.5 Å². The number of rotatable bonds is 6. The number of hydrogen-bond donors (Lipinski definition) is 1. The van der Waals surface area contributed by atoms with Gasteiger partial charge in [-0.2, -0.15) is 0 Å². The molecule has 0 heterocycles. The molecule has 0 fully saturated rings. The number of halogens is 1. The van der Waals surface area contributed by atoms with Crippen LogP contribution in [-0.2, 0) is 19.6 Å². The second-order valence-corrected chi connectivity index (χ2v) is 8.92. The van der Waals surface area contributed by atoms with Crippen molar-refractivity contribution in [1.29, 1.82) is 0 Å². The predicted molar refractivity (Wildman–Crippen MR) is 105 cm³/mol. The van der Waals surface area contributed by atoms with Crippen molar-refractivity contribution in [3.63, 3.8) is 0 Å². The van der Waals surface area contributed by atoms with Crippen LogP contribution in [0.1, 0.15) is 17.3 Å². The summed E-state index contributed by atoms with van der Waals surface area (Å²) in [4.78, 5) is 24.4. The lowest BCUT2D eigenvalue weighted by atomic mass is 10.2. The van der Waals surface area contributed by atoms with Gasteiger partial charge in [-0.15, -0.1) is 0 Å². The molecule has 7 nitrogen and oxygen atoms in total. The molecule has 2 rings (SSSR count). The number of nitrogens with zero attached hydrogens (tertiary/aromatic N) is 1. The summed E-state index contributed by atoms with van der Waals surface area (Å²) in [5, 5.41) is 2.65. The summed E-state index contributed by atoms with van der Waals surface area (Å²) < 4.78 is 31.2. The number of sulfonamides is 1. The molecule has 0 aliphatic carbocycles. The number of hydrogen-bond acceptors (Lipinski definition) is 5. The third-order valence-electron chi connectivity index (χ3n) is 3.63. The number of amides is 1. The SMILES string of the molecule is CC(OC(=O)c1ccc(S(=O)(=O)N(C)C)cc1)C(=O)Nc1ccc(Br)cc1. The molecule has 1 atom stereocenters. The van der Waals surface area contributed by atoms with Gasteiger partial charge < -0.3 is 10.1 Å². The third-order valence-corrected chi connectivity index (χ3v) is 5.99. The van der Waals surface area contributed by atoms with Crippen LogP contribution in [0.5, 0.6) is 0 Å². The van der Waals surface area contributed by atoms with Crippen molar-refractivity contribution in [2.75, 3.05) is 19.4 Å². The molecule has 0 radical (unpaired) electrons. The number of ether oxygens (including phenoxy) is 1. The van der Waals surface area contributed by atoms with Crippen LogP contribution in [0, 0.1) is 0 Å². The molecule has 144 valence electrons. The lowest BCUT2D eigenvalue weighted by molar-refractivity contribution is -0.123. The van der Waals surface area contributed by atoms with Crippen LogP contribution in [0.15, 0.2) is 57.9 Å². The molecule has 1 amide bonds. The van der Waals surface area contributed by atoms with Gasteiger partial charge in [0.2, 0.25) is 10.0 Å². The second-order valence-electron chi connectivity index (χ2n) is 5.86. The summed E-state index contributed by atoms with van der Waals surface area (Å²) in [5.74, 6) is -1.19. The van der Waals surface area contributed by atoms with E-state index in [4.69, 9.17) is 4.74 Å². The molecule has 27 heavy (non-hydrogen) atoms. The summed E-state index contributed by atoms with van der Waals surface area (Å²) in [6.07, 6.45) is -1.02. The minimum atomic E-state index is -3.58. The van der Waals surface area contributed by atoms with Crippen molar-refractivity contribution in [2.45, 2.75) is 17.9 Å². The van der Waals surface area contributed by atoms with Crippen molar-refractivity contribution in [3.05, 3.63) is 58.6 Å². The zero-order valence-corrected chi connectivity index (χ0v) is 17.4. The van der Waals surface area contributed by atoms with E-state index >= 15 is 0 Å². The van der Waals surface area contributed by atoms with Gasteiger partial charge in [-0.25, -0.2) is 17.5 Å². The van der Waals surface area contributed by atoms with Gasteiger partial charge in [0, 0.05) is 24.3 Å². The van der Waals surface area contributed by atoms with Crippen LogP contribution < -0.4 is 5.32 Å². The van der Waals surface area contributed by atoms with E-state index in [9.17, 15) is 18.0 Å². The molecule has 0 aromatic heterocycles. The Labute approximate surface area is 166 Å². The molecule has 0 saturated carbocycles. The van der Waals surface area contributed by atoms with Crippen molar-refractivity contribution in [3.8, 4) is 0 Å². The summed E-state index contributed by atoms with van der Waals surface area (Å²) in [5.41, 5.74) is 0.723. The first-order valence-electron chi connectivity index (χ1n) is 7.91. The Morgan fingerprint density at radius 1 is 1.04 bits per heavy atom. The molecule has 0 bridgehead atoms. The van der Waals surface area contributed by atoms with Crippen molar-refractivity contribution < 1.29 is 22.7 Å². The van der Waals surface area contributed by atoms with Crippen molar-refractivity contribution in [1.82, 2.24) is 4.31 Å². The van der Waals surface area contributed by atoms with Gasteiger partial charge in [0.25, 0.3) is 5.91 Å². The second kappa shape index (κ2) is 8.64. The van der Waals surface area contributed by atoms with Gasteiger partial charge in [0.15, 0.2) is 6.10 Å². The minimum Gasteiger partial charge on any atom is -0.449 e. The molecular formula is C18H19BrN2O5S. The van der Waals surface area contributed by atoms with E-state index in [1.807, 2.05) is 0 Å². The average molecular weight is 455 g/mol. The number of carbonyl (C=O) groups excluding carboxylic acids is 2. The van der Waals surface area contributed by atoms with Crippen LogP contribution in [0.4, 0.5) is 5.69 Å². The van der Waals surface area contributed by atoms with E-state index in [2.05, 4.69) is 21.2 Å². The maximum Gasteiger partial charge on any atom is 0.338 e. The lowest BCUT2D eigenvalue weighted by Crippen LogP contribution is -2.30. The topological polar surface area (TPSA) is 92.8 Å². The summed E-state index contributed by atoms with van der Waals surface area (Å²) >= 11 is 3.30. The normalized spacial score (nSPS) is 12.5. The fourth-order valence-electron chi connectivity index (χ4n) is 2.03. The van der Waals surface area contributed by atoms with Crippen LogP contribution in [-0.4, -0.2) is 44.8 Å². The Hall–Kier alpha value is -2.23. The third kappa shape index (κ3) is 5.38. The summed E-state index contributed by atoms with van der Waals surface area (Å²) in [6.45, 7) is 1.46. The molecule has 1 N–H and O–H groups in total. The van der Waals surface area contributed by atoms with Crippen LogP contribution in [0.3, 0.4) is 0 Å². The van der Waals surface area contributed by atoms with E-state index in [0.717, 1.165) is 8.78 Å². The maximum absolute atomic E-state index is 12.2. The summed E-state index contributed by atoms with van der Waals surface area (Å²) in [7, 11) is -0.740. The molecule has 2 aromatic carbocycles. The van der Waals surface area contributed by atoms with Crippen LogP contribution in [0.25, 0.3) is 0 Å². The molecule has 9 heteroatoms. The zero-order chi connectivity index (χ0) is 20.2. The first-order chi connectivity index (χ1) is 12.6. The number of esters is 1. The fourth-order valence-corrected chi connectivity index (χ4v) is 3.20. The molecule has 0 saturated heterocycles. The first kappa shape index (κ1) is 21.1. The van der Waals surface area contributed by atoms with E-state index in [0.29, 0.717) is 5.69 Å². The summed E-state index contributed by atoms with van der Waals surface area (Å²) in [6, 6.07) is 12.3. The van der Waals surface area contributed by atoms with Gasteiger partial charge >= 0.3 is 5.97 Å². The number of anilines is 1. The highest BCUT2D eigenvalue weighted by Gasteiger charge is 2.21. The van der Waals surface area contributed by atoms with Crippen molar-refractivity contribution >= 4 is 43.5 Å². The van der Waals surface area contributed by atoms with E-state index in [-0.39, 0.29) is 10.5 Å². The van der Waals surface area contributed by atoms with Crippen molar-refractivity contribution in [2.24, 2.45) is 0 Å². The Morgan fingerprint density at radius 3 is 2.11 bits per heavy atom. The average Bonchev–Trinajstić information content (AvgIpc) is 2.63. The van der Waals surface area contributed by atoms with Gasteiger partial charge in [-0.05, 0) is 55.5 Å².